The van der Waals surface area contributed by atoms with Gasteiger partial charge in [0.25, 0.3) is 0 Å². The number of nitriles is 1. The van der Waals surface area contributed by atoms with Crippen LogP contribution >= 0.6 is 0 Å². The summed E-state index contributed by atoms with van der Waals surface area (Å²) in [5.41, 5.74) is 8.24. The maximum Gasteiger partial charge on any atom is 0.0994 e. The predicted octanol–water partition coefficient (Wildman–Crippen LogP) is 1.02. The molecule has 0 bridgehead atoms. The van der Waals surface area contributed by atoms with Crippen LogP contribution in [-0.4, -0.2) is 37.7 Å². The predicted molar refractivity (Wildman–Crippen MR) is 66.5 cm³/mol. The highest BCUT2D eigenvalue weighted by Crippen LogP contribution is 2.14. The molecule has 2 rings (SSSR count). The van der Waals surface area contributed by atoms with Crippen LogP contribution in [0.2, 0.25) is 0 Å². The minimum atomic E-state index is 0.723. The minimum absolute atomic E-state index is 0.723. The van der Waals surface area contributed by atoms with Gasteiger partial charge in [-0.15, -0.1) is 0 Å². The molecular weight excluding hydrogens is 214 g/mol. The molecule has 0 aliphatic carbocycles. The van der Waals surface area contributed by atoms with Crippen molar-refractivity contribution in [2.24, 2.45) is 0 Å². The standard InChI is InChI=1S/C13H17N3O/c14-10-12-1-2-13(15)9-11(12)3-4-16-5-7-17-8-6-16/h1-2,9H,3-8,15H2. The van der Waals surface area contributed by atoms with Gasteiger partial charge in [0, 0.05) is 25.3 Å². The third-order valence-corrected chi connectivity index (χ3v) is 3.05. The van der Waals surface area contributed by atoms with E-state index < -0.39 is 0 Å². The Morgan fingerprint density at radius 3 is 2.82 bits per heavy atom. The highest BCUT2D eigenvalue weighted by atomic mass is 16.5. The fraction of sp³-hybridized carbons (Fsp3) is 0.462. The highest BCUT2D eigenvalue weighted by Gasteiger charge is 2.11. The Morgan fingerprint density at radius 1 is 1.35 bits per heavy atom. The van der Waals surface area contributed by atoms with Crippen molar-refractivity contribution in [2.75, 3.05) is 38.6 Å². The Labute approximate surface area is 102 Å². The van der Waals surface area contributed by atoms with Gasteiger partial charge in [0.15, 0.2) is 0 Å². The Morgan fingerprint density at radius 2 is 2.12 bits per heavy atom. The Bertz CT molecular complexity index is 419. The number of nitrogens with zero attached hydrogens (tertiary/aromatic N) is 2. The Balaban J connectivity index is 1.98. The van der Waals surface area contributed by atoms with E-state index in [1.807, 2.05) is 6.07 Å². The third kappa shape index (κ3) is 3.19. The van der Waals surface area contributed by atoms with Crippen LogP contribution < -0.4 is 5.73 Å². The van der Waals surface area contributed by atoms with Crippen LogP contribution in [0.1, 0.15) is 11.1 Å². The summed E-state index contributed by atoms with van der Waals surface area (Å²) in [6, 6.07) is 7.68. The summed E-state index contributed by atoms with van der Waals surface area (Å²) in [6.45, 7) is 4.53. The summed E-state index contributed by atoms with van der Waals surface area (Å²) in [5, 5.41) is 9.02. The van der Waals surface area contributed by atoms with E-state index in [0.29, 0.717) is 0 Å². The quantitative estimate of drug-likeness (QED) is 0.789. The molecule has 0 unspecified atom stereocenters. The summed E-state index contributed by atoms with van der Waals surface area (Å²) in [6.07, 6.45) is 0.869. The molecule has 17 heavy (non-hydrogen) atoms. The van der Waals surface area contributed by atoms with Gasteiger partial charge >= 0.3 is 0 Å². The molecule has 1 saturated heterocycles. The molecule has 0 saturated carbocycles. The molecule has 2 N–H and O–H groups in total. The van der Waals surface area contributed by atoms with E-state index in [0.717, 1.165) is 56.1 Å². The second kappa shape index (κ2) is 5.67. The van der Waals surface area contributed by atoms with Gasteiger partial charge in [-0.2, -0.15) is 5.26 Å². The van der Waals surface area contributed by atoms with Crippen molar-refractivity contribution in [3.8, 4) is 6.07 Å². The van der Waals surface area contributed by atoms with Gasteiger partial charge in [0.05, 0.1) is 24.8 Å². The second-order valence-electron chi connectivity index (χ2n) is 4.23. The average molecular weight is 231 g/mol. The van der Waals surface area contributed by atoms with Crippen LogP contribution in [0.25, 0.3) is 0 Å². The van der Waals surface area contributed by atoms with Crippen LogP contribution in [0.15, 0.2) is 18.2 Å². The van der Waals surface area contributed by atoms with Gasteiger partial charge < -0.3 is 10.5 Å². The molecule has 1 aliphatic rings. The fourth-order valence-electron chi connectivity index (χ4n) is 2.03. The normalized spacial score (nSPS) is 16.6. The number of rotatable bonds is 3. The smallest absolute Gasteiger partial charge is 0.0994 e. The van der Waals surface area contributed by atoms with E-state index in [-0.39, 0.29) is 0 Å². The first-order valence-electron chi connectivity index (χ1n) is 5.88. The monoisotopic (exact) mass is 231 g/mol. The molecule has 0 aromatic heterocycles. The van der Waals surface area contributed by atoms with Crippen molar-refractivity contribution in [3.05, 3.63) is 29.3 Å². The lowest BCUT2D eigenvalue weighted by molar-refractivity contribution is 0.0384. The van der Waals surface area contributed by atoms with Crippen molar-refractivity contribution in [1.82, 2.24) is 4.90 Å². The number of ether oxygens (including phenoxy) is 1. The van der Waals surface area contributed by atoms with Gasteiger partial charge in [-0.1, -0.05) is 0 Å². The van der Waals surface area contributed by atoms with E-state index in [2.05, 4.69) is 11.0 Å². The number of anilines is 1. The average Bonchev–Trinajstić information content (AvgIpc) is 2.38. The van der Waals surface area contributed by atoms with E-state index in [4.69, 9.17) is 15.7 Å². The lowest BCUT2D eigenvalue weighted by Gasteiger charge is -2.26. The summed E-state index contributed by atoms with van der Waals surface area (Å²) < 4.78 is 5.30. The number of nitrogens with two attached hydrogens (primary N) is 1. The number of benzene rings is 1. The van der Waals surface area contributed by atoms with Crippen LogP contribution in [0, 0.1) is 11.3 Å². The summed E-state index contributed by atoms with van der Waals surface area (Å²) in [7, 11) is 0. The maximum absolute atomic E-state index is 9.02. The zero-order valence-electron chi connectivity index (χ0n) is 9.85. The van der Waals surface area contributed by atoms with E-state index in [1.165, 1.54) is 0 Å². The molecule has 1 fully saturated rings. The first-order chi connectivity index (χ1) is 8.29. The third-order valence-electron chi connectivity index (χ3n) is 3.05. The van der Waals surface area contributed by atoms with Crippen LogP contribution in [0.3, 0.4) is 0 Å². The van der Waals surface area contributed by atoms with Crippen molar-refractivity contribution >= 4 is 5.69 Å². The molecule has 1 aromatic rings. The lowest BCUT2D eigenvalue weighted by atomic mass is 10.0. The van der Waals surface area contributed by atoms with Crippen LogP contribution in [0.4, 0.5) is 5.69 Å². The summed E-state index contributed by atoms with van der Waals surface area (Å²) in [5.74, 6) is 0. The molecule has 1 heterocycles. The number of nitrogen functional groups attached to an aromatic ring is 1. The largest absolute Gasteiger partial charge is 0.399 e. The zero-order valence-corrected chi connectivity index (χ0v) is 9.85. The topological polar surface area (TPSA) is 62.3 Å². The van der Waals surface area contributed by atoms with Gasteiger partial charge in [-0.3, -0.25) is 4.90 Å². The van der Waals surface area contributed by atoms with E-state index in [9.17, 15) is 0 Å². The van der Waals surface area contributed by atoms with Crippen molar-refractivity contribution < 1.29 is 4.74 Å². The van der Waals surface area contributed by atoms with Gasteiger partial charge in [-0.25, -0.2) is 0 Å². The first kappa shape index (κ1) is 11.9. The first-order valence-corrected chi connectivity index (χ1v) is 5.88. The molecule has 90 valence electrons. The van der Waals surface area contributed by atoms with Gasteiger partial charge in [-0.05, 0) is 30.2 Å². The number of hydrogen-bond donors (Lipinski definition) is 1. The van der Waals surface area contributed by atoms with E-state index >= 15 is 0 Å². The summed E-state index contributed by atoms with van der Waals surface area (Å²) in [4.78, 5) is 2.36. The molecule has 1 aromatic carbocycles. The van der Waals surface area contributed by atoms with Crippen LogP contribution in [-0.2, 0) is 11.2 Å². The SMILES string of the molecule is N#Cc1ccc(N)cc1CCN1CCOCC1. The van der Waals surface area contributed by atoms with E-state index in [1.54, 1.807) is 12.1 Å². The lowest BCUT2D eigenvalue weighted by Crippen LogP contribution is -2.37. The van der Waals surface area contributed by atoms with Crippen molar-refractivity contribution in [3.63, 3.8) is 0 Å². The van der Waals surface area contributed by atoms with Crippen LogP contribution in [0.5, 0.6) is 0 Å². The highest BCUT2D eigenvalue weighted by molar-refractivity contribution is 5.49. The molecule has 1 aliphatic heterocycles. The number of morpholine rings is 1. The molecular formula is C13H17N3O. The summed E-state index contributed by atoms with van der Waals surface area (Å²) >= 11 is 0. The molecule has 4 heteroatoms. The molecule has 4 nitrogen and oxygen atoms in total. The maximum atomic E-state index is 9.02. The molecule has 0 amide bonds. The molecule has 0 atom stereocenters. The van der Waals surface area contributed by atoms with Gasteiger partial charge in [0.1, 0.15) is 0 Å². The van der Waals surface area contributed by atoms with Crippen molar-refractivity contribution in [1.29, 1.82) is 5.26 Å². The van der Waals surface area contributed by atoms with Gasteiger partial charge in [0.2, 0.25) is 0 Å². The van der Waals surface area contributed by atoms with Crippen molar-refractivity contribution in [2.45, 2.75) is 6.42 Å². The zero-order chi connectivity index (χ0) is 12.1. The fourth-order valence-corrected chi connectivity index (χ4v) is 2.03. The minimum Gasteiger partial charge on any atom is -0.399 e. The Kier molecular flexibility index (Phi) is 3.97. The second-order valence-corrected chi connectivity index (χ2v) is 4.23. The Hall–Kier alpha value is -1.57. The molecule has 0 radical (unpaired) electrons. The molecule has 0 spiro atoms. The number of hydrogen-bond acceptors (Lipinski definition) is 4.